The van der Waals surface area contributed by atoms with Crippen LogP contribution in [0.3, 0.4) is 0 Å². The van der Waals surface area contributed by atoms with E-state index in [2.05, 4.69) is 23.2 Å². The van der Waals surface area contributed by atoms with E-state index in [1.165, 1.54) is 11.1 Å². The van der Waals surface area contributed by atoms with Crippen molar-refractivity contribution in [2.45, 2.75) is 46.2 Å². The number of nitrogens with one attached hydrogen (secondary N) is 1. The first-order chi connectivity index (χ1) is 17.8. The molecule has 0 saturated heterocycles. The van der Waals surface area contributed by atoms with E-state index in [4.69, 9.17) is 10.7 Å². The average molecular weight is 493 g/mol. The molecule has 1 aliphatic rings. The minimum Gasteiger partial charge on any atom is -0.366 e. The van der Waals surface area contributed by atoms with Crippen LogP contribution in [0.25, 0.3) is 11.3 Å². The molecule has 1 aliphatic heterocycles. The number of imidazole rings is 1. The first kappa shape index (κ1) is 24.5. The molecule has 0 spiro atoms. The number of carbonyl (C=O) groups excluding carboxylic acids is 2. The fourth-order valence-electron chi connectivity index (χ4n) is 5.40. The van der Waals surface area contributed by atoms with Crippen LogP contribution in [0.15, 0.2) is 72.9 Å². The van der Waals surface area contributed by atoms with Crippen LogP contribution in [0.2, 0.25) is 0 Å². The summed E-state index contributed by atoms with van der Waals surface area (Å²) in [6.45, 7) is 6.47. The summed E-state index contributed by atoms with van der Waals surface area (Å²) in [6, 6.07) is 21.9. The minimum absolute atomic E-state index is 0.0925. The predicted octanol–water partition coefficient (Wildman–Crippen LogP) is 5.30. The Bertz CT molecular complexity index is 1430. The van der Waals surface area contributed by atoms with Gasteiger partial charge in [-0.1, -0.05) is 61.5 Å². The number of benzene rings is 3. The fraction of sp³-hybridized carbons (Fsp3) is 0.258. The van der Waals surface area contributed by atoms with E-state index in [0.717, 1.165) is 33.8 Å². The number of rotatable bonds is 6. The number of hydrogen-bond donors (Lipinski definition) is 2. The van der Waals surface area contributed by atoms with E-state index < -0.39 is 5.91 Å². The molecular weight excluding hydrogens is 460 g/mol. The summed E-state index contributed by atoms with van der Waals surface area (Å²) >= 11 is 0. The lowest BCUT2D eigenvalue weighted by atomic mass is 9.89. The summed E-state index contributed by atoms with van der Waals surface area (Å²) in [5, 5.41) is 0. The third-order valence-electron chi connectivity index (χ3n) is 7.44. The smallest absolute Gasteiger partial charge is 0.248 e. The zero-order chi connectivity index (χ0) is 26.1. The van der Waals surface area contributed by atoms with Crippen molar-refractivity contribution in [1.29, 1.82) is 0 Å². The molecule has 2 atom stereocenters. The maximum Gasteiger partial charge on any atom is 0.248 e. The second-order valence-corrected chi connectivity index (χ2v) is 10.1. The Hall–Kier alpha value is -4.19. The van der Waals surface area contributed by atoms with Gasteiger partial charge in [0.2, 0.25) is 11.8 Å². The third-order valence-corrected chi connectivity index (χ3v) is 7.44. The van der Waals surface area contributed by atoms with Crippen LogP contribution in [0.4, 0.5) is 0 Å². The molecule has 0 aliphatic carbocycles. The molecule has 2 heterocycles. The van der Waals surface area contributed by atoms with Gasteiger partial charge in [-0.3, -0.25) is 9.59 Å². The van der Waals surface area contributed by atoms with Crippen LogP contribution in [-0.2, 0) is 24.2 Å². The number of nitrogens with two attached hydrogens (primary N) is 1. The van der Waals surface area contributed by atoms with E-state index in [0.29, 0.717) is 24.9 Å². The molecule has 4 aromatic rings. The van der Waals surface area contributed by atoms with Crippen molar-refractivity contribution in [2.75, 3.05) is 0 Å². The molecule has 0 radical (unpaired) electrons. The van der Waals surface area contributed by atoms with E-state index in [-0.39, 0.29) is 17.9 Å². The van der Waals surface area contributed by atoms with Crippen molar-refractivity contribution in [3.05, 3.63) is 112 Å². The summed E-state index contributed by atoms with van der Waals surface area (Å²) in [6.07, 6.45) is 3.15. The number of primary amides is 1. The molecule has 37 heavy (non-hydrogen) atoms. The fourth-order valence-corrected chi connectivity index (χ4v) is 5.40. The van der Waals surface area contributed by atoms with Crippen molar-refractivity contribution >= 4 is 11.8 Å². The van der Waals surface area contributed by atoms with Crippen LogP contribution in [0, 0.1) is 19.8 Å². The van der Waals surface area contributed by atoms with Gasteiger partial charge < -0.3 is 15.6 Å². The molecule has 3 N–H and O–H groups in total. The Kier molecular flexibility index (Phi) is 6.66. The number of H-pyrrole nitrogens is 1. The topological polar surface area (TPSA) is 92.1 Å². The van der Waals surface area contributed by atoms with Crippen molar-refractivity contribution in [1.82, 2.24) is 14.9 Å². The molecule has 5 rings (SSSR count). The number of aromatic amines is 1. The molecule has 0 saturated carbocycles. The number of aryl methyl sites for hydroxylation is 2. The summed E-state index contributed by atoms with van der Waals surface area (Å²) in [7, 11) is 0. The monoisotopic (exact) mass is 492 g/mol. The summed E-state index contributed by atoms with van der Waals surface area (Å²) in [4.78, 5) is 35.8. The summed E-state index contributed by atoms with van der Waals surface area (Å²) in [5.74, 6) is 0.209. The van der Waals surface area contributed by atoms with Gasteiger partial charge in [0.05, 0.1) is 17.9 Å². The van der Waals surface area contributed by atoms with Crippen molar-refractivity contribution < 1.29 is 9.59 Å². The highest BCUT2D eigenvalue weighted by Gasteiger charge is 2.35. The molecular formula is C31H32N4O2. The van der Waals surface area contributed by atoms with Gasteiger partial charge in [-0.15, -0.1) is 0 Å². The molecule has 6 heteroatoms. The van der Waals surface area contributed by atoms with Crippen LogP contribution in [-0.4, -0.2) is 26.7 Å². The lowest BCUT2D eigenvalue weighted by molar-refractivity contribution is -0.139. The lowest BCUT2D eigenvalue weighted by Gasteiger charge is -2.37. The minimum atomic E-state index is -0.440. The number of aromatic nitrogens is 2. The van der Waals surface area contributed by atoms with E-state index in [1.54, 1.807) is 0 Å². The zero-order valence-corrected chi connectivity index (χ0v) is 21.5. The van der Waals surface area contributed by atoms with Crippen molar-refractivity contribution in [2.24, 2.45) is 11.7 Å². The Morgan fingerprint density at radius 3 is 2.35 bits per heavy atom. The second kappa shape index (κ2) is 10.1. The van der Waals surface area contributed by atoms with Gasteiger partial charge in [-0.2, -0.15) is 0 Å². The Morgan fingerprint density at radius 2 is 1.68 bits per heavy atom. The normalized spacial score (nSPS) is 15.8. The highest BCUT2D eigenvalue weighted by molar-refractivity contribution is 5.93. The number of fused-ring (bicyclic) bond motifs is 1. The predicted molar refractivity (Wildman–Crippen MR) is 145 cm³/mol. The molecule has 0 fully saturated rings. The van der Waals surface area contributed by atoms with Crippen molar-refractivity contribution in [3.8, 4) is 11.3 Å². The third kappa shape index (κ3) is 4.92. The Balaban J connectivity index is 1.44. The SMILES string of the molecule is Cc1cc(C(N)=O)cc(C)c1CC(C)C(=O)N1Cc2ccccc2CC1c1ncc(-c2ccccc2)[nH]1. The first-order valence-electron chi connectivity index (χ1n) is 12.7. The van der Waals surface area contributed by atoms with Gasteiger partial charge in [0.15, 0.2) is 0 Å². The van der Waals surface area contributed by atoms with E-state index >= 15 is 0 Å². The van der Waals surface area contributed by atoms with Crippen molar-refractivity contribution in [3.63, 3.8) is 0 Å². The molecule has 3 aromatic carbocycles. The number of nitrogens with zero attached hydrogens (tertiary/aromatic N) is 2. The van der Waals surface area contributed by atoms with Crippen LogP contribution >= 0.6 is 0 Å². The van der Waals surface area contributed by atoms with Crippen LogP contribution in [0.5, 0.6) is 0 Å². The molecule has 2 amide bonds. The Morgan fingerprint density at radius 1 is 1.03 bits per heavy atom. The number of carbonyl (C=O) groups is 2. The van der Waals surface area contributed by atoms with Gasteiger partial charge in [-0.05, 0) is 65.8 Å². The molecule has 6 nitrogen and oxygen atoms in total. The lowest BCUT2D eigenvalue weighted by Crippen LogP contribution is -2.42. The standard InChI is InChI=1S/C31H32N4O2/c1-19-13-25(29(32)36)14-20(2)26(19)15-21(3)31(37)35-18-24-12-8-7-11-23(24)16-28(35)30-33-17-27(34-30)22-9-5-4-6-10-22/h4-14,17,21,28H,15-16,18H2,1-3H3,(H2,32,36)(H,33,34). The second-order valence-electron chi connectivity index (χ2n) is 10.1. The number of hydrogen-bond acceptors (Lipinski definition) is 3. The largest absolute Gasteiger partial charge is 0.366 e. The summed E-state index contributed by atoms with van der Waals surface area (Å²) < 4.78 is 0. The first-order valence-corrected chi connectivity index (χ1v) is 12.7. The van der Waals surface area contributed by atoms with Crippen LogP contribution < -0.4 is 5.73 Å². The average Bonchev–Trinajstić information content (AvgIpc) is 3.40. The van der Waals surface area contributed by atoms with Gasteiger partial charge in [0.1, 0.15) is 5.82 Å². The summed E-state index contributed by atoms with van der Waals surface area (Å²) in [5.41, 5.74) is 13.5. The highest BCUT2D eigenvalue weighted by Crippen LogP contribution is 2.34. The highest BCUT2D eigenvalue weighted by atomic mass is 16.2. The van der Waals surface area contributed by atoms with Gasteiger partial charge in [0.25, 0.3) is 0 Å². The van der Waals surface area contributed by atoms with Gasteiger partial charge >= 0.3 is 0 Å². The molecule has 188 valence electrons. The quantitative estimate of drug-likeness (QED) is 0.383. The molecule has 1 aromatic heterocycles. The molecule has 0 bridgehead atoms. The van der Waals surface area contributed by atoms with E-state index in [9.17, 15) is 9.59 Å². The van der Waals surface area contributed by atoms with Gasteiger partial charge in [0, 0.05) is 24.4 Å². The maximum atomic E-state index is 14.0. The van der Waals surface area contributed by atoms with Gasteiger partial charge in [-0.25, -0.2) is 4.98 Å². The maximum absolute atomic E-state index is 14.0. The Labute approximate surface area is 217 Å². The number of amides is 2. The van der Waals surface area contributed by atoms with E-state index in [1.807, 2.05) is 80.4 Å². The van der Waals surface area contributed by atoms with Crippen LogP contribution in [0.1, 0.15) is 57.0 Å². The zero-order valence-electron chi connectivity index (χ0n) is 21.5. The molecule has 2 unspecified atom stereocenters.